The lowest BCUT2D eigenvalue weighted by atomic mass is 10.2. The van der Waals surface area contributed by atoms with E-state index in [-0.39, 0.29) is 0 Å². The highest BCUT2D eigenvalue weighted by atomic mass is 14.9. The first-order valence-electron chi connectivity index (χ1n) is 3.16. The van der Waals surface area contributed by atoms with Gasteiger partial charge in [-0.25, -0.2) is 4.99 Å². The van der Waals surface area contributed by atoms with Gasteiger partial charge in [-0.3, -0.25) is 0 Å². The number of hydrogen-bond donors (Lipinski definition) is 1. The summed E-state index contributed by atoms with van der Waals surface area (Å²) in [7, 11) is 0. The topological polar surface area (TPSA) is 38.4 Å². The smallest absolute Gasteiger partial charge is 0.115 e. The lowest BCUT2D eigenvalue weighted by Gasteiger charge is -1.93. The van der Waals surface area contributed by atoms with Crippen LogP contribution in [-0.2, 0) is 0 Å². The molecule has 0 radical (unpaired) electrons. The van der Waals surface area contributed by atoms with Gasteiger partial charge in [0.05, 0.1) is 0 Å². The fourth-order valence-corrected chi connectivity index (χ4v) is 0.309. The maximum atomic E-state index is 5.23. The zero-order chi connectivity index (χ0) is 8.15. The van der Waals surface area contributed by atoms with Crippen molar-refractivity contribution in [2.75, 3.05) is 0 Å². The molecule has 0 rings (SSSR count). The monoisotopic (exact) mass is 138 g/mol. The molecule has 0 saturated heterocycles. The second kappa shape index (κ2) is 3.88. The first-order valence-corrected chi connectivity index (χ1v) is 3.16. The Kier molecular flexibility index (Phi) is 3.47. The summed E-state index contributed by atoms with van der Waals surface area (Å²) in [6.45, 7) is 9.49. The summed E-state index contributed by atoms with van der Waals surface area (Å²) in [5.74, 6) is 0.348. The highest BCUT2D eigenvalue weighted by Gasteiger charge is 1.84. The maximum absolute atomic E-state index is 5.23. The number of allylic oxidation sites excluding steroid dienone is 2. The summed E-state index contributed by atoms with van der Waals surface area (Å²) < 4.78 is 0. The largest absolute Gasteiger partial charge is 0.384 e. The quantitative estimate of drug-likeness (QED) is 0.581. The van der Waals surface area contributed by atoms with Crippen LogP contribution < -0.4 is 5.73 Å². The SMILES string of the molecule is C=C(N)N=CC(C)=C(C)C. The van der Waals surface area contributed by atoms with Gasteiger partial charge in [0.2, 0.25) is 0 Å². The summed E-state index contributed by atoms with van der Waals surface area (Å²) in [5.41, 5.74) is 7.60. The Hall–Kier alpha value is -1.05. The van der Waals surface area contributed by atoms with E-state index in [1.54, 1.807) is 6.21 Å². The predicted molar refractivity (Wildman–Crippen MR) is 45.9 cm³/mol. The number of hydrogen-bond acceptors (Lipinski definition) is 2. The molecule has 56 valence electrons. The van der Waals surface area contributed by atoms with Gasteiger partial charge in [0, 0.05) is 6.21 Å². The second-order valence-electron chi connectivity index (χ2n) is 2.43. The minimum Gasteiger partial charge on any atom is -0.384 e. The highest BCUT2D eigenvalue weighted by Crippen LogP contribution is 1.98. The molecule has 0 saturated carbocycles. The molecule has 10 heavy (non-hydrogen) atoms. The average Bonchev–Trinajstić information content (AvgIpc) is 1.82. The molecule has 0 aliphatic rings. The van der Waals surface area contributed by atoms with E-state index in [1.807, 2.05) is 20.8 Å². The van der Waals surface area contributed by atoms with Crippen molar-refractivity contribution in [1.29, 1.82) is 0 Å². The Bertz CT molecular complexity index is 183. The Balaban J connectivity index is 4.16. The molecule has 0 fully saturated rings. The molecule has 0 atom stereocenters. The number of rotatable bonds is 2. The van der Waals surface area contributed by atoms with Crippen LogP contribution in [0.25, 0.3) is 0 Å². The van der Waals surface area contributed by atoms with Crippen LogP contribution in [0.2, 0.25) is 0 Å². The van der Waals surface area contributed by atoms with Crippen LogP contribution in [0.5, 0.6) is 0 Å². The van der Waals surface area contributed by atoms with Gasteiger partial charge in [-0.1, -0.05) is 12.2 Å². The molecule has 0 aliphatic heterocycles. The van der Waals surface area contributed by atoms with Crippen molar-refractivity contribution in [3.63, 3.8) is 0 Å². The molecule has 0 aromatic heterocycles. The van der Waals surface area contributed by atoms with Gasteiger partial charge >= 0.3 is 0 Å². The summed E-state index contributed by atoms with van der Waals surface area (Å²) in [6.07, 6.45) is 1.72. The summed E-state index contributed by atoms with van der Waals surface area (Å²) in [5, 5.41) is 0. The van der Waals surface area contributed by atoms with Crippen LogP contribution in [0.1, 0.15) is 20.8 Å². The first-order chi connectivity index (χ1) is 4.54. The van der Waals surface area contributed by atoms with Crippen molar-refractivity contribution in [3.05, 3.63) is 23.5 Å². The fraction of sp³-hybridized carbons (Fsp3) is 0.375. The molecule has 0 aromatic carbocycles. The zero-order valence-corrected chi connectivity index (χ0v) is 6.81. The van der Waals surface area contributed by atoms with Gasteiger partial charge < -0.3 is 5.73 Å². The number of nitrogens with zero attached hydrogens (tertiary/aromatic N) is 1. The van der Waals surface area contributed by atoms with Crippen LogP contribution in [0, 0.1) is 0 Å². The second-order valence-corrected chi connectivity index (χ2v) is 2.43. The van der Waals surface area contributed by atoms with E-state index in [2.05, 4.69) is 11.6 Å². The minimum absolute atomic E-state index is 0.348. The van der Waals surface area contributed by atoms with E-state index >= 15 is 0 Å². The highest BCUT2D eigenvalue weighted by molar-refractivity contribution is 5.79. The van der Waals surface area contributed by atoms with Gasteiger partial charge in [-0.05, 0) is 26.3 Å². The molecule has 0 bridgehead atoms. The molecule has 2 N–H and O–H groups in total. The van der Waals surface area contributed by atoms with Gasteiger partial charge in [0.1, 0.15) is 5.82 Å². The third-order valence-corrected chi connectivity index (χ3v) is 1.21. The molecule has 0 spiro atoms. The zero-order valence-electron chi connectivity index (χ0n) is 6.81. The maximum Gasteiger partial charge on any atom is 0.115 e. The summed E-state index contributed by atoms with van der Waals surface area (Å²) in [4.78, 5) is 3.85. The molecule has 0 amide bonds. The molecular formula is C8H14N2. The van der Waals surface area contributed by atoms with E-state index < -0.39 is 0 Å². The predicted octanol–water partition coefficient (Wildman–Crippen LogP) is 1.84. The molecule has 2 heteroatoms. The average molecular weight is 138 g/mol. The molecule has 0 unspecified atom stereocenters. The van der Waals surface area contributed by atoms with Crippen LogP contribution in [-0.4, -0.2) is 6.21 Å². The lowest BCUT2D eigenvalue weighted by molar-refractivity contribution is 1.26. The van der Waals surface area contributed by atoms with Gasteiger partial charge in [0.15, 0.2) is 0 Å². The van der Waals surface area contributed by atoms with Gasteiger partial charge in [-0.2, -0.15) is 0 Å². The van der Waals surface area contributed by atoms with Crippen LogP contribution >= 0.6 is 0 Å². The normalized spacial score (nSPS) is 9.90. The van der Waals surface area contributed by atoms with Crippen LogP contribution in [0.15, 0.2) is 28.5 Å². The van der Waals surface area contributed by atoms with E-state index in [9.17, 15) is 0 Å². The number of aliphatic imine (C=N–C) groups is 1. The van der Waals surface area contributed by atoms with E-state index in [0.29, 0.717) is 5.82 Å². The minimum atomic E-state index is 0.348. The third kappa shape index (κ3) is 3.89. The Morgan fingerprint density at radius 3 is 2.20 bits per heavy atom. The van der Waals surface area contributed by atoms with Crippen molar-refractivity contribution in [2.45, 2.75) is 20.8 Å². The van der Waals surface area contributed by atoms with E-state index in [4.69, 9.17) is 5.73 Å². The van der Waals surface area contributed by atoms with Crippen molar-refractivity contribution in [3.8, 4) is 0 Å². The lowest BCUT2D eigenvalue weighted by Crippen LogP contribution is -1.91. The van der Waals surface area contributed by atoms with E-state index in [0.717, 1.165) is 5.57 Å². The van der Waals surface area contributed by atoms with Crippen LogP contribution in [0.4, 0.5) is 0 Å². The summed E-state index contributed by atoms with van der Waals surface area (Å²) in [6, 6.07) is 0. The van der Waals surface area contributed by atoms with Gasteiger partial charge in [-0.15, -0.1) is 0 Å². The Morgan fingerprint density at radius 2 is 1.90 bits per heavy atom. The standard InChI is InChI=1S/C8H14N2/c1-6(2)7(3)5-10-8(4)9/h5H,4,9H2,1-3H3. The number of nitrogens with two attached hydrogens (primary N) is 1. The first kappa shape index (κ1) is 8.95. The Morgan fingerprint density at radius 1 is 1.40 bits per heavy atom. The molecule has 0 heterocycles. The third-order valence-electron chi connectivity index (χ3n) is 1.21. The van der Waals surface area contributed by atoms with Crippen molar-refractivity contribution in [2.24, 2.45) is 10.7 Å². The van der Waals surface area contributed by atoms with Gasteiger partial charge in [0.25, 0.3) is 0 Å². The summed E-state index contributed by atoms with van der Waals surface area (Å²) >= 11 is 0. The molecule has 0 aromatic rings. The van der Waals surface area contributed by atoms with E-state index in [1.165, 1.54) is 5.57 Å². The molecule has 2 nitrogen and oxygen atoms in total. The van der Waals surface area contributed by atoms with Crippen molar-refractivity contribution >= 4 is 6.21 Å². The van der Waals surface area contributed by atoms with Crippen LogP contribution in [0.3, 0.4) is 0 Å². The Labute approximate surface area is 62.1 Å². The van der Waals surface area contributed by atoms with Crippen molar-refractivity contribution < 1.29 is 0 Å². The fourth-order valence-electron chi connectivity index (χ4n) is 0.309. The molecular weight excluding hydrogens is 124 g/mol. The van der Waals surface area contributed by atoms with Crippen molar-refractivity contribution in [1.82, 2.24) is 0 Å². The molecule has 0 aliphatic carbocycles.